The van der Waals surface area contributed by atoms with Gasteiger partial charge in [0.2, 0.25) is 0 Å². The van der Waals surface area contributed by atoms with Gasteiger partial charge >= 0.3 is 0 Å². The number of nitro groups is 1. The lowest BCUT2D eigenvalue weighted by Gasteiger charge is -2.34. The van der Waals surface area contributed by atoms with E-state index in [1.165, 1.54) is 29.1 Å². The van der Waals surface area contributed by atoms with Crippen molar-refractivity contribution >= 4 is 34.5 Å². The highest BCUT2D eigenvalue weighted by atomic mass is 35.5. The molecule has 1 aliphatic heterocycles. The van der Waals surface area contributed by atoms with Crippen LogP contribution in [0.1, 0.15) is 15.2 Å². The minimum atomic E-state index is -0.468. The third kappa shape index (κ3) is 3.92. The minimum absolute atomic E-state index is 0.00835. The summed E-state index contributed by atoms with van der Waals surface area (Å²) in [5, 5.41) is 10.7. The molecule has 0 aliphatic carbocycles. The zero-order valence-corrected chi connectivity index (χ0v) is 14.4. The van der Waals surface area contributed by atoms with Crippen molar-refractivity contribution < 1.29 is 9.72 Å². The van der Waals surface area contributed by atoms with Gasteiger partial charge in [-0.25, -0.2) is 0 Å². The van der Waals surface area contributed by atoms with Gasteiger partial charge in [-0.15, -0.1) is 11.3 Å². The average molecular weight is 366 g/mol. The Labute approximate surface area is 148 Å². The summed E-state index contributed by atoms with van der Waals surface area (Å²) in [6.45, 7) is 3.74. The van der Waals surface area contributed by atoms with E-state index in [1.54, 1.807) is 16.2 Å². The predicted octanol–water partition coefficient (Wildman–Crippen LogP) is 3.27. The van der Waals surface area contributed by atoms with E-state index in [4.69, 9.17) is 11.6 Å². The third-order valence-electron chi connectivity index (χ3n) is 3.99. The molecule has 0 saturated carbocycles. The van der Waals surface area contributed by atoms with Crippen molar-refractivity contribution in [2.45, 2.75) is 6.54 Å². The SMILES string of the molecule is O=C(c1ccc([N+](=O)[O-])cc1)N1CCN(Cc2ccc(Cl)s2)CC1. The van der Waals surface area contributed by atoms with E-state index >= 15 is 0 Å². The van der Waals surface area contributed by atoms with Crippen LogP contribution in [-0.4, -0.2) is 46.8 Å². The van der Waals surface area contributed by atoms with E-state index in [9.17, 15) is 14.9 Å². The van der Waals surface area contributed by atoms with Crippen LogP contribution in [-0.2, 0) is 6.54 Å². The Balaban J connectivity index is 1.55. The molecule has 0 unspecified atom stereocenters. The fourth-order valence-corrected chi connectivity index (χ4v) is 3.80. The highest BCUT2D eigenvalue weighted by molar-refractivity contribution is 7.16. The molecule has 6 nitrogen and oxygen atoms in total. The van der Waals surface area contributed by atoms with Gasteiger partial charge in [0.25, 0.3) is 11.6 Å². The number of halogens is 1. The van der Waals surface area contributed by atoms with Gasteiger partial charge in [-0.2, -0.15) is 0 Å². The lowest BCUT2D eigenvalue weighted by Crippen LogP contribution is -2.48. The number of piperazine rings is 1. The molecule has 3 rings (SSSR count). The van der Waals surface area contributed by atoms with Gasteiger partial charge in [-0.1, -0.05) is 11.6 Å². The van der Waals surface area contributed by atoms with Crippen molar-refractivity contribution in [1.29, 1.82) is 0 Å². The predicted molar refractivity (Wildman–Crippen MR) is 93.6 cm³/mol. The van der Waals surface area contributed by atoms with Gasteiger partial charge < -0.3 is 4.90 Å². The number of nitro benzene ring substituents is 1. The maximum Gasteiger partial charge on any atom is 0.269 e. The Morgan fingerprint density at radius 1 is 1.12 bits per heavy atom. The summed E-state index contributed by atoms with van der Waals surface area (Å²) in [6.07, 6.45) is 0. The largest absolute Gasteiger partial charge is 0.336 e. The summed E-state index contributed by atoms with van der Waals surface area (Å²) in [4.78, 5) is 28.0. The first-order chi connectivity index (χ1) is 11.5. The summed E-state index contributed by atoms with van der Waals surface area (Å²) in [5.41, 5.74) is 0.477. The van der Waals surface area contributed by atoms with Crippen molar-refractivity contribution in [2.75, 3.05) is 26.2 Å². The van der Waals surface area contributed by atoms with E-state index in [2.05, 4.69) is 4.90 Å². The van der Waals surface area contributed by atoms with Crippen molar-refractivity contribution in [3.8, 4) is 0 Å². The number of hydrogen-bond donors (Lipinski definition) is 0. The van der Waals surface area contributed by atoms with Gasteiger partial charge in [0.05, 0.1) is 9.26 Å². The second kappa shape index (κ2) is 7.29. The highest BCUT2D eigenvalue weighted by Gasteiger charge is 2.22. The number of nitrogens with zero attached hydrogens (tertiary/aromatic N) is 3. The molecule has 0 atom stereocenters. The number of thiophene rings is 1. The molecule has 126 valence electrons. The molecular weight excluding hydrogens is 350 g/mol. The third-order valence-corrected chi connectivity index (χ3v) is 5.21. The van der Waals surface area contributed by atoms with E-state index < -0.39 is 4.92 Å². The van der Waals surface area contributed by atoms with Gasteiger partial charge in [0.1, 0.15) is 0 Å². The molecule has 24 heavy (non-hydrogen) atoms. The van der Waals surface area contributed by atoms with Gasteiger partial charge in [-0.05, 0) is 24.3 Å². The number of amides is 1. The molecule has 0 spiro atoms. The lowest BCUT2D eigenvalue weighted by molar-refractivity contribution is -0.384. The zero-order valence-electron chi connectivity index (χ0n) is 12.9. The van der Waals surface area contributed by atoms with Gasteiger partial charge in [0, 0.05) is 55.3 Å². The Morgan fingerprint density at radius 2 is 1.79 bits per heavy atom. The van der Waals surface area contributed by atoms with E-state index in [0.717, 1.165) is 24.0 Å². The molecule has 1 fully saturated rings. The van der Waals surface area contributed by atoms with E-state index in [1.807, 2.05) is 12.1 Å². The van der Waals surface area contributed by atoms with Crippen molar-refractivity contribution in [1.82, 2.24) is 9.80 Å². The highest BCUT2D eigenvalue weighted by Crippen LogP contribution is 2.23. The summed E-state index contributed by atoms with van der Waals surface area (Å²) < 4.78 is 0.789. The van der Waals surface area contributed by atoms with Crippen LogP contribution < -0.4 is 0 Å². The fraction of sp³-hybridized carbons (Fsp3) is 0.312. The molecule has 2 heterocycles. The summed E-state index contributed by atoms with van der Waals surface area (Å²) in [7, 11) is 0. The van der Waals surface area contributed by atoms with E-state index in [0.29, 0.717) is 18.7 Å². The molecule has 2 aromatic rings. The van der Waals surface area contributed by atoms with Crippen LogP contribution in [0.2, 0.25) is 4.34 Å². The van der Waals surface area contributed by atoms with E-state index in [-0.39, 0.29) is 11.6 Å². The molecule has 1 aromatic heterocycles. The monoisotopic (exact) mass is 365 g/mol. The maximum absolute atomic E-state index is 12.5. The van der Waals surface area contributed by atoms with Crippen LogP contribution in [0, 0.1) is 10.1 Å². The molecule has 1 amide bonds. The first-order valence-corrected chi connectivity index (χ1v) is 8.72. The van der Waals surface area contributed by atoms with Gasteiger partial charge in [-0.3, -0.25) is 19.8 Å². The molecule has 0 bridgehead atoms. The standard InChI is InChI=1S/C16H16ClN3O3S/c17-15-6-5-14(24-15)11-18-7-9-19(10-8-18)16(21)12-1-3-13(4-2-12)20(22)23/h1-6H,7-11H2. The molecule has 1 aromatic carbocycles. The first-order valence-electron chi connectivity index (χ1n) is 7.53. The van der Waals surface area contributed by atoms with Crippen molar-refractivity contribution in [3.63, 3.8) is 0 Å². The summed E-state index contributed by atoms with van der Waals surface area (Å²) in [6, 6.07) is 9.69. The Hall–Kier alpha value is -1.96. The molecular formula is C16H16ClN3O3S. The lowest BCUT2D eigenvalue weighted by atomic mass is 10.1. The van der Waals surface area contributed by atoms with Gasteiger partial charge in [0.15, 0.2) is 0 Å². The maximum atomic E-state index is 12.5. The van der Waals surface area contributed by atoms with Crippen LogP contribution >= 0.6 is 22.9 Å². The Morgan fingerprint density at radius 3 is 2.33 bits per heavy atom. The van der Waals surface area contributed by atoms with Crippen LogP contribution in [0.4, 0.5) is 5.69 Å². The smallest absolute Gasteiger partial charge is 0.269 e. The number of non-ortho nitro benzene ring substituents is 1. The molecule has 1 saturated heterocycles. The number of hydrogen-bond acceptors (Lipinski definition) is 5. The molecule has 0 radical (unpaired) electrons. The molecule has 8 heteroatoms. The topological polar surface area (TPSA) is 66.7 Å². The Bertz CT molecular complexity index is 739. The normalized spacial score (nSPS) is 15.5. The van der Waals surface area contributed by atoms with Crippen LogP contribution in [0.3, 0.4) is 0 Å². The van der Waals surface area contributed by atoms with Crippen molar-refractivity contribution in [2.24, 2.45) is 0 Å². The summed E-state index contributed by atoms with van der Waals surface area (Å²) in [5.74, 6) is -0.0799. The van der Waals surface area contributed by atoms with Crippen molar-refractivity contribution in [3.05, 3.63) is 61.3 Å². The fourth-order valence-electron chi connectivity index (χ4n) is 2.67. The number of benzene rings is 1. The second-order valence-electron chi connectivity index (χ2n) is 5.58. The molecule has 0 N–H and O–H groups in total. The second-order valence-corrected chi connectivity index (χ2v) is 7.38. The quantitative estimate of drug-likeness (QED) is 0.616. The first kappa shape index (κ1) is 16.9. The summed E-state index contributed by atoms with van der Waals surface area (Å²) >= 11 is 7.52. The number of carbonyl (C=O) groups excluding carboxylic acids is 1. The Kier molecular flexibility index (Phi) is 5.13. The van der Waals surface area contributed by atoms with Crippen LogP contribution in [0.5, 0.6) is 0 Å². The number of carbonyl (C=O) groups is 1. The minimum Gasteiger partial charge on any atom is -0.336 e. The van der Waals surface area contributed by atoms with Crippen LogP contribution in [0.15, 0.2) is 36.4 Å². The number of rotatable bonds is 4. The zero-order chi connectivity index (χ0) is 17.1. The van der Waals surface area contributed by atoms with Crippen LogP contribution in [0.25, 0.3) is 0 Å². The molecule has 1 aliphatic rings. The average Bonchev–Trinajstić information content (AvgIpc) is 3.00.